The topological polar surface area (TPSA) is 64.1 Å². The van der Waals surface area contributed by atoms with Gasteiger partial charge in [0.1, 0.15) is 0 Å². The van der Waals surface area contributed by atoms with Crippen molar-refractivity contribution in [1.82, 2.24) is 9.78 Å². The maximum atomic E-state index is 11.2. The molecule has 2 aliphatic rings. The summed E-state index contributed by atoms with van der Waals surface area (Å²) >= 11 is 0. The van der Waals surface area contributed by atoms with Crippen LogP contribution in [0.15, 0.2) is 6.20 Å². The summed E-state index contributed by atoms with van der Waals surface area (Å²) in [7, 11) is 1.93. The molecule has 0 aromatic carbocycles. The minimum atomic E-state index is -0.485. The van der Waals surface area contributed by atoms with Crippen molar-refractivity contribution in [3.05, 3.63) is 17.5 Å². The fraction of sp³-hybridized carbons (Fsp3) is 0.824. The van der Waals surface area contributed by atoms with Crippen molar-refractivity contribution in [2.45, 2.75) is 58.0 Å². The van der Waals surface area contributed by atoms with Crippen molar-refractivity contribution < 1.29 is 5.11 Å². The highest BCUT2D eigenvalue weighted by Gasteiger charge is 2.55. The third-order valence-electron chi connectivity index (χ3n) is 5.81. The average molecular weight is 291 g/mol. The van der Waals surface area contributed by atoms with E-state index in [1.807, 2.05) is 17.9 Å². The third-order valence-corrected chi connectivity index (χ3v) is 5.81. The molecule has 1 aromatic heterocycles. The minimum Gasteiger partial charge on any atom is -0.388 e. The molecule has 4 heteroatoms. The van der Waals surface area contributed by atoms with Crippen LogP contribution in [0.2, 0.25) is 0 Å². The number of aliphatic hydroxyl groups excluding tert-OH is 1. The van der Waals surface area contributed by atoms with E-state index in [1.165, 1.54) is 19.3 Å². The minimum absolute atomic E-state index is 0.0645. The lowest BCUT2D eigenvalue weighted by Gasteiger charge is -2.41. The highest BCUT2D eigenvalue weighted by atomic mass is 16.3. The van der Waals surface area contributed by atoms with Gasteiger partial charge in [0.2, 0.25) is 0 Å². The van der Waals surface area contributed by atoms with Crippen LogP contribution in [0.3, 0.4) is 0 Å². The first-order valence-corrected chi connectivity index (χ1v) is 8.20. The van der Waals surface area contributed by atoms with Crippen LogP contribution in [0.25, 0.3) is 0 Å². The first kappa shape index (κ1) is 15.0. The summed E-state index contributed by atoms with van der Waals surface area (Å²) in [6.07, 6.45) is 6.38. The Morgan fingerprint density at radius 2 is 2.19 bits per heavy atom. The molecule has 3 N–H and O–H groups in total. The van der Waals surface area contributed by atoms with Gasteiger partial charge >= 0.3 is 0 Å². The maximum Gasteiger partial charge on any atom is 0.0894 e. The lowest BCUT2D eigenvalue weighted by molar-refractivity contribution is -0.0140. The Balaban J connectivity index is 2.00. The van der Waals surface area contributed by atoms with E-state index in [9.17, 15) is 5.11 Å². The Hall–Kier alpha value is -0.870. The van der Waals surface area contributed by atoms with Crippen molar-refractivity contribution in [3.63, 3.8) is 0 Å². The number of fused-ring (bicyclic) bond motifs is 2. The molecule has 118 valence electrons. The molecular weight excluding hydrogens is 262 g/mol. The molecule has 1 heterocycles. The largest absolute Gasteiger partial charge is 0.388 e. The maximum absolute atomic E-state index is 11.2. The van der Waals surface area contributed by atoms with Gasteiger partial charge in [-0.25, -0.2) is 0 Å². The number of rotatable bonds is 3. The Morgan fingerprint density at radius 3 is 2.67 bits per heavy atom. The summed E-state index contributed by atoms with van der Waals surface area (Å²) in [4.78, 5) is 0. The second-order valence-electron chi connectivity index (χ2n) is 8.28. The van der Waals surface area contributed by atoms with E-state index in [4.69, 9.17) is 5.73 Å². The average Bonchev–Trinajstić information content (AvgIpc) is 3.09. The molecule has 2 aliphatic carbocycles. The molecule has 0 aliphatic heterocycles. The van der Waals surface area contributed by atoms with E-state index >= 15 is 0 Å². The lowest BCUT2D eigenvalue weighted by atomic mass is 9.67. The number of aliphatic hydroxyl groups is 1. The van der Waals surface area contributed by atoms with Gasteiger partial charge in [0.15, 0.2) is 0 Å². The standard InChI is InChI=1S/C17H29N3O/c1-16(2,3)14-13(9-20(4)19-14)15(21)17(10-18)8-11-5-6-12(17)7-11/h9,11-12,15,21H,5-8,10,18H2,1-4H3. The van der Waals surface area contributed by atoms with Crippen molar-refractivity contribution in [2.24, 2.45) is 30.0 Å². The van der Waals surface area contributed by atoms with Gasteiger partial charge in [-0.2, -0.15) is 5.10 Å². The molecule has 0 spiro atoms. The molecule has 0 saturated heterocycles. The highest BCUT2D eigenvalue weighted by Crippen LogP contribution is 2.60. The first-order chi connectivity index (χ1) is 9.78. The van der Waals surface area contributed by atoms with E-state index in [2.05, 4.69) is 25.9 Å². The molecule has 2 fully saturated rings. The summed E-state index contributed by atoms with van der Waals surface area (Å²) in [6.45, 7) is 7.04. The Labute approximate surface area is 127 Å². The lowest BCUT2D eigenvalue weighted by Crippen LogP contribution is -2.42. The van der Waals surface area contributed by atoms with E-state index in [0.29, 0.717) is 12.5 Å². The number of aryl methyl sites for hydroxylation is 1. The highest BCUT2D eigenvalue weighted by molar-refractivity contribution is 5.29. The quantitative estimate of drug-likeness (QED) is 0.899. The summed E-state index contributed by atoms with van der Waals surface area (Å²) < 4.78 is 1.83. The molecule has 2 bridgehead atoms. The molecule has 2 saturated carbocycles. The van der Waals surface area contributed by atoms with Gasteiger partial charge in [-0.1, -0.05) is 27.2 Å². The summed E-state index contributed by atoms with van der Waals surface area (Å²) in [5.41, 5.74) is 7.97. The predicted octanol–water partition coefficient (Wildman–Crippen LogP) is 2.52. The Kier molecular flexibility index (Phi) is 3.45. The molecule has 4 atom stereocenters. The van der Waals surface area contributed by atoms with Crippen LogP contribution >= 0.6 is 0 Å². The number of nitrogens with two attached hydrogens (primary N) is 1. The fourth-order valence-electron chi connectivity index (χ4n) is 4.78. The normalized spacial score (nSPS) is 33.6. The third kappa shape index (κ3) is 2.23. The van der Waals surface area contributed by atoms with Crippen LogP contribution in [0.1, 0.15) is 63.8 Å². The smallest absolute Gasteiger partial charge is 0.0894 e. The fourth-order valence-corrected chi connectivity index (χ4v) is 4.78. The van der Waals surface area contributed by atoms with Gasteiger partial charge < -0.3 is 10.8 Å². The van der Waals surface area contributed by atoms with E-state index < -0.39 is 6.10 Å². The zero-order valence-corrected chi connectivity index (χ0v) is 13.8. The Bertz CT molecular complexity index is 531. The van der Waals surface area contributed by atoms with Gasteiger partial charge in [0.25, 0.3) is 0 Å². The molecule has 0 radical (unpaired) electrons. The van der Waals surface area contributed by atoms with Crippen LogP contribution in [0.4, 0.5) is 0 Å². The molecular formula is C17H29N3O. The second kappa shape index (κ2) is 4.82. The molecule has 1 aromatic rings. The van der Waals surface area contributed by atoms with E-state index in [1.54, 1.807) is 0 Å². The van der Waals surface area contributed by atoms with Crippen LogP contribution in [-0.4, -0.2) is 21.4 Å². The van der Waals surface area contributed by atoms with Gasteiger partial charge in [-0.05, 0) is 31.1 Å². The first-order valence-electron chi connectivity index (χ1n) is 8.20. The zero-order valence-electron chi connectivity index (χ0n) is 13.8. The van der Waals surface area contributed by atoms with Crippen LogP contribution in [0.5, 0.6) is 0 Å². The van der Waals surface area contributed by atoms with Crippen molar-refractivity contribution in [3.8, 4) is 0 Å². The van der Waals surface area contributed by atoms with Crippen LogP contribution < -0.4 is 5.73 Å². The van der Waals surface area contributed by atoms with Crippen molar-refractivity contribution in [2.75, 3.05) is 6.54 Å². The van der Waals surface area contributed by atoms with Crippen molar-refractivity contribution in [1.29, 1.82) is 0 Å². The van der Waals surface area contributed by atoms with Crippen LogP contribution in [-0.2, 0) is 12.5 Å². The SMILES string of the molecule is Cn1cc(C(O)C2(CN)CC3CCC2C3)c(C(C)(C)C)n1. The molecule has 4 unspecified atom stereocenters. The number of hydrogen-bond donors (Lipinski definition) is 2. The zero-order chi connectivity index (χ0) is 15.4. The van der Waals surface area contributed by atoms with E-state index in [0.717, 1.165) is 23.6 Å². The predicted molar refractivity (Wildman–Crippen MR) is 83.8 cm³/mol. The number of nitrogens with zero attached hydrogens (tertiary/aromatic N) is 2. The monoisotopic (exact) mass is 291 g/mol. The van der Waals surface area contributed by atoms with Gasteiger partial charge in [-0.15, -0.1) is 0 Å². The Morgan fingerprint density at radius 1 is 1.48 bits per heavy atom. The number of aromatic nitrogens is 2. The van der Waals surface area contributed by atoms with Gasteiger partial charge in [0, 0.05) is 36.2 Å². The summed E-state index contributed by atoms with van der Waals surface area (Å²) in [5, 5.41) is 15.8. The summed E-state index contributed by atoms with van der Waals surface area (Å²) in [5.74, 6) is 1.35. The van der Waals surface area contributed by atoms with Crippen LogP contribution in [0, 0.1) is 17.3 Å². The molecule has 4 nitrogen and oxygen atoms in total. The summed E-state index contributed by atoms with van der Waals surface area (Å²) in [6, 6.07) is 0. The molecule has 3 rings (SSSR count). The molecule has 21 heavy (non-hydrogen) atoms. The second-order valence-corrected chi connectivity index (χ2v) is 8.28. The van der Waals surface area contributed by atoms with Crippen molar-refractivity contribution >= 4 is 0 Å². The molecule has 0 amide bonds. The van der Waals surface area contributed by atoms with E-state index in [-0.39, 0.29) is 10.8 Å². The number of hydrogen-bond acceptors (Lipinski definition) is 3. The van der Waals surface area contributed by atoms with Gasteiger partial charge in [0.05, 0.1) is 11.8 Å². The van der Waals surface area contributed by atoms with Gasteiger partial charge in [-0.3, -0.25) is 4.68 Å².